The smallest absolute Gasteiger partial charge is 0.326 e. The number of nitrogens with zero attached hydrogens (tertiary/aromatic N) is 1. The third kappa shape index (κ3) is 3.54. The molecule has 2 rings (SSSR count). The SMILES string of the molecule is CCC(C)Oc1ccc(C(=O)N2CCCC2C(=O)O)cc1. The average molecular weight is 291 g/mol. The normalized spacial score (nSPS) is 19.3. The molecule has 1 aliphatic heterocycles. The number of hydrogen-bond donors (Lipinski definition) is 1. The van der Waals surface area contributed by atoms with E-state index in [9.17, 15) is 9.59 Å². The topological polar surface area (TPSA) is 66.8 Å². The number of carboxylic acid groups (broad SMARTS) is 1. The van der Waals surface area contributed by atoms with E-state index in [1.54, 1.807) is 24.3 Å². The van der Waals surface area contributed by atoms with Gasteiger partial charge in [0, 0.05) is 12.1 Å². The minimum absolute atomic E-state index is 0.126. The molecule has 5 heteroatoms. The Morgan fingerprint density at radius 2 is 2.05 bits per heavy atom. The monoisotopic (exact) mass is 291 g/mol. The fourth-order valence-corrected chi connectivity index (χ4v) is 2.42. The van der Waals surface area contributed by atoms with Crippen LogP contribution in [0.5, 0.6) is 5.75 Å². The van der Waals surface area contributed by atoms with Crippen molar-refractivity contribution < 1.29 is 19.4 Å². The first-order chi connectivity index (χ1) is 10.0. The van der Waals surface area contributed by atoms with E-state index in [1.807, 2.05) is 13.8 Å². The molecule has 0 aromatic heterocycles. The molecule has 1 aliphatic rings. The van der Waals surface area contributed by atoms with E-state index in [-0.39, 0.29) is 12.0 Å². The largest absolute Gasteiger partial charge is 0.491 e. The summed E-state index contributed by atoms with van der Waals surface area (Å²) in [6.07, 6.45) is 2.30. The summed E-state index contributed by atoms with van der Waals surface area (Å²) in [7, 11) is 0. The zero-order valence-corrected chi connectivity index (χ0v) is 12.4. The fourth-order valence-electron chi connectivity index (χ4n) is 2.42. The van der Waals surface area contributed by atoms with Crippen molar-refractivity contribution in [3.05, 3.63) is 29.8 Å². The third-order valence-corrected chi connectivity index (χ3v) is 3.81. The van der Waals surface area contributed by atoms with Crippen molar-refractivity contribution in [1.82, 2.24) is 4.90 Å². The molecule has 2 atom stereocenters. The Balaban J connectivity index is 2.07. The number of aliphatic carboxylic acids is 1. The lowest BCUT2D eigenvalue weighted by Crippen LogP contribution is -2.40. The Morgan fingerprint density at radius 3 is 2.62 bits per heavy atom. The first kappa shape index (κ1) is 15.4. The Bertz CT molecular complexity index is 512. The van der Waals surface area contributed by atoms with Gasteiger partial charge >= 0.3 is 5.97 Å². The van der Waals surface area contributed by atoms with Crippen LogP contribution in [0, 0.1) is 0 Å². The van der Waals surface area contributed by atoms with E-state index in [4.69, 9.17) is 9.84 Å². The molecule has 114 valence electrons. The number of ether oxygens (including phenoxy) is 1. The van der Waals surface area contributed by atoms with E-state index in [0.717, 1.165) is 18.6 Å². The lowest BCUT2D eigenvalue weighted by molar-refractivity contribution is -0.141. The number of amides is 1. The van der Waals surface area contributed by atoms with Crippen LogP contribution in [0.25, 0.3) is 0 Å². The number of likely N-dealkylation sites (tertiary alicyclic amines) is 1. The van der Waals surface area contributed by atoms with Crippen LogP contribution in [0.4, 0.5) is 0 Å². The van der Waals surface area contributed by atoms with Crippen LogP contribution >= 0.6 is 0 Å². The highest BCUT2D eigenvalue weighted by Gasteiger charge is 2.34. The minimum atomic E-state index is -0.933. The summed E-state index contributed by atoms with van der Waals surface area (Å²) in [6.45, 7) is 4.53. The van der Waals surface area contributed by atoms with Gasteiger partial charge in [0.05, 0.1) is 6.10 Å². The molecule has 1 amide bonds. The highest BCUT2D eigenvalue weighted by molar-refractivity contribution is 5.97. The van der Waals surface area contributed by atoms with Gasteiger partial charge in [-0.2, -0.15) is 0 Å². The van der Waals surface area contributed by atoms with Crippen molar-refractivity contribution in [1.29, 1.82) is 0 Å². The molecule has 1 aromatic carbocycles. The van der Waals surface area contributed by atoms with Gasteiger partial charge in [0.1, 0.15) is 11.8 Å². The molecule has 5 nitrogen and oxygen atoms in total. The van der Waals surface area contributed by atoms with Crippen LogP contribution in [0.2, 0.25) is 0 Å². The number of rotatable bonds is 5. The van der Waals surface area contributed by atoms with Crippen LogP contribution in [0.3, 0.4) is 0 Å². The zero-order valence-electron chi connectivity index (χ0n) is 12.4. The number of carbonyl (C=O) groups excluding carboxylic acids is 1. The highest BCUT2D eigenvalue weighted by Crippen LogP contribution is 2.22. The van der Waals surface area contributed by atoms with Crippen LogP contribution < -0.4 is 4.74 Å². The molecule has 0 spiro atoms. The molecular weight excluding hydrogens is 270 g/mol. The van der Waals surface area contributed by atoms with Crippen molar-refractivity contribution in [2.75, 3.05) is 6.54 Å². The van der Waals surface area contributed by atoms with Gasteiger partial charge in [-0.3, -0.25) is 4.79 Å². The Morgan fingerprint density at radius 1 is 1.38 bits per heavy atom. The third-order valence-electron chi connectivity index (χ3n) is 3.81. The summed E-state index contributed by atoms with van der Waals surface area (Å²) >= 11 is 0. The Kier molecular flexibility index (Phi) is 4.83. The first-order valence-corrected chi connectivity index (χ1v) is 7.33. The number of hydrogen-bond acceptors (Lipinski definition) is 3. The standard InChI is InChI=1S/C16H21NO4/c1-3-11(2)21-13-8-6-12(7-9-13)15(18)17-10-4-5-14(17)16(19)20/h6-9,11,14H,3-5,10H2,1-2H3,(H,19,20). The van der Waals surface area contributed by atoms with Crippen LogP contribution in [0.15, 0.2) is 24.3 Å². The van der Waals surface area contributed by atoms with E-state index in [1.165, 1.54) is 4.90 Å². The second kappa shape index (κ2) is 6.61. The van der Waals surface area contributed by atoms with Crippen molar-refractivity contribution in [3.63, 3.8) is 0 Å². The van der Waals surface area contributed by atoms with Gasteiger partial charge in [-0.15, -0.1) is 0 Å². The summed E-state index contributed by atoms with van der Waals surface area (Å²) in [5.41, 5.74) is 0.500. The van der Waals surface area contributed by atoms with E-state index in [2.05, 4.69) is 0 Å². The quantitative estimate of drug-likeness (QED) is 0.905. The summed E-state index contributed by atoms with van der Waals surface area (Å²) in [5.74, 6) is -0.440. The van der Waals surface area contributed by atoms with Gasteiger partial charge in [0.2, 0.25) is 0 Å². The van der Waals surface area contributed by atoms with E-state index in [0.29, 0.717) is 18.5 Å². The summed E-state index contributed by atoms with van der Waals surface area (Å²) < 4.78 is 5.66. The maximum Gasteiger partial charge on any atom is 0.326 e. The van der Waals surface area contributed by atoms with Crippen LogP contribution in [-0.2, 0) is 4.79 Å². The molecule has 0 bridgehead atoms. The molecule has 2 unspecified atom stereocenters. The molecular formula is C16H21NO4. The van der Waals surface area contributed by atoms with Crippen molar-refractivity contribution >= 4 is 11.9 Å². The predicted octanol–water partition coefficient (Wildman–Crippen LogP) is 2.55. The minimum Gasteiger partial charge on any atom is -0.491 e. The molecule has 1 heterocycles. The van der Waals surface area contributed by atoms with Crippen molar-refractivity contribution in [2.45, 2.75) is 45.3 Å². The molecule has 0 aliphatic carbocycles. The lowest BCUT2D eigenvalue weighted by atomic mass is 10.1. The molecule has 0 saturated carbocycles. The predicted molar refractivity (Wildman–Crippen MR) is 78.5 cm³/mol. The average Bonchev–Trinajstić information content (AvgIpc) is 2.96. The first-order valence-electron chi connectivity index (χ1n) is 7.33. The summed E-state index contributed by atoms with van der Waals surface area (Å²) in [4.78, 5) is 25.0. The molecule has 21 heavy (non-hydrogen) atoms. The maximum absolute atomic E-state index is 12.4. The second-order valence-electron chi connectivity index (χ2n) is 5.36. The molecule has 1 N–H and O–H groups in total. The lowest BCUT2D eigenvalue weighted by Gasteiger charge is -2.21. The van der Waals surface area contributed by atoms with E-state index >= 15 is 0 Å². The summed E-state index contributed by atoms with van der Waals surface area (Å²) in [5, 5.41) is 9.14. The van der Waals surface area contributed by atoms with Crippen LogP contribution in [0.1, 0.15) is 43.5 Å². The molecule has 0 radical (unpaired) electrons. The molecule has 1 aromatic rings. The number of benzene rings is 1. The van der Waals surface area contributed by atoms with Gasteiger partial charge < -0.3 is 14.7 Å². The van der Waals surface area contributed by atoms with E-state index < -0.39 is 12.0 Å². The Hall–Kier alpha value is -2.04. The van der Waals surface area contributed by atoms with Gasteiger partial charge in [-0.25, -0.2) is 4.79 Å². The second-order valence-corrected chi connectivity index (χ2v) is 5.36. The summed E-state index contributed by atoms with van der Waals surface area (Å²) in [6, 6.07) is 6.19. The van der Waals surface area contributed by atoms with Crippen molar-refractivity contribution in [2.24, 2.45) is 0 Å². The highest BCUT2D eigenvalue weighted by atomic mass is 16.5. The maximum atomic E-state index is 12.4. The van der Waals surface area contributed by atoms with Gasteiger partial charge in [0.25, 0.3) is 5.91 Å². The molecule has 1 fully saturated rings. The zero-order chi connectivity index (χ0) is 15.4. The fraction of sp³-hybridized carbons (Fsp3) is 0.500. The van der Waals surface area contributed by atoms with Crippen molar-refractivity contribution in [3.8, 4) is 5.75 Å². The Labute approximate surface area is 124 Å². The number of carbonyl (C=O) groups is 2. The van der Waals surface area contributed by atoms with Gasteiger partial charge in [-0.05, 0) is 50.5 Å². The van der Waals surface area contributed by atoms with Gasteiger partial charge in [0.15, 0.2) is 0 Å². The van der Waals surface area contributed by atoms with Crippen LogP contribution in [-0.4, -0.2) is 40.6 Å². The van der Waals surface area contributed by atoms with Gasteiger partial charge in [-0.1, -0.05) is 6.92 Å². The molecule has 1 saturated heterocycles. The number of carboxylic acids is 1.